The number of carbonyl (C=O) groups is 3. The van der Waals surface area contributed by atoms with E-state index in [0.717, 1.165) is 0 Å². The molecule has 4 rings (SSSR count). The molecule has 8 atom stereocenters. The van der Waals surface area contributed by atoms with Gasteiger partial charge >= 0.3 is 5.97 Å². The Hall–Kier alpha value is -1.61. The fourth-order valence-electron chi connectivity index (χ4n) is 7.60. The molecule has 0 bridgehead atoms. The monoisotopic (exact) mass is 500 g/mol. The molecular weight excluding hydrogens is 469 g/mol. The number of aliphatic hydroxyl groups excluding tert-OH is 1. The Morgan fingerprint density at radius 1 is 1.29 bits per heavy atom. The van der Waals surface area contributed by atoms with Gasteiger partial charge in [-0.3, -0.25) is 14.4 Å². The lowest BCUT2D eigenvalue weighted by molar-refractivity contribution is -0.223. The van der Waals surface area contributed by atoms with E-state index in [0.29, 0.717) is 11.8 Å². The Labute approximate surface area is 201 Å². The number of alkyl halides is 2. The van der Waals surface area contributed by atoms with Gasteiger partial charge in [0.1, 0.15) is 11.8 Å². The molecule has 2 saturated carbocycles. The van der Waals surface area contributed by atoms with Gasteiger partial charge in [0.05, 0.1) is 6.10 Å². The third-order valence-electron chi connectivity index (χ3n) is 9.25. The molecule has 0 aromatic heterocycles. The molecule has 0 unspecified atom stereocenters. The van der Waals surface area contributed by atoms with E-state index in [1.807, 2.05) is 0 Å². The second-order valence-corrected chi connectivity index (χ2v) is 11.5. The third kappa shape index (κ3) is 3.01. The smallest absolute Gasteiger partial charge is 0.306 e. The molecule has 4 aliphatic carbocycles. The number of thioether (sulfide) groups is 1. The van der Waals surface area contributed by atoms with Crippen LogP contribution in [0.2, 0.25) is 0 Å². The van der Waals surface area contributed by atoms with E-state index in [4.69, 9.17) is 4.74 Å². The molecule has 0 aliphatic heterocycles. The first-order valence-corrected chi connectivity index (χ1v) is 12.7. The van der Waals surface area contributed by atoms with Crippen molar-refractivity contribution in [2.45, 2.75) is 77.2 Å². The molecule has 5 nitrogen and oxygen atoms in total. The van der Waals surface area contributed by atoms with Crippen LogP contribution < -0.4 is 0 Å². The molecular formula is C25H31F3O5S. The zero-order valence-corrected chi connectivity index (χ0v) is 20.6. The van der Waals surface area contributed by atoms with Crippen LogP contribution in [0.1, 0.15) is 59.8 Å². The predicted octanol–water partition coefficient (Wildman–Crippen LogP) is 4.78. The highest BCUT2D eigenvalue weighted by Gasteiger charge is 2.77. The minimum Gasteiger partial charge on any atom is -0.449 e. The number of fused-ring (bicyclic) bond motifs is 5. The summed E-state index contributed by atoms with van der Waals surface area (Å²) in [4.78, 5) is 37.8. The van der Waals surface area contributed by atoms with Gasteiger partial charge in [0, 0.05) is 41.9 Å². The maximum absolute atomic E-state index is 17.2. The minimum atomic E-state index is -2.29. The van der Waals surface area contributed by atoms with E-state index in [1.165, 1.54) is 19.1 Å². The second kappa shape index (κ2) is 8.22. The van der Waals surface area contributed by atoms with Crippen molar-refractivity contribution >= 4 is 28.6 Å². The Morgan fingerprint density at radius 2 is 1.97 bits per heavy atom. The maximum Gasteiger partial charge on any atom is 0.306 e. The molecule has 0 amide bonds. The van der Waals surface area contributed by atoms with E-state index >= 15 is 8.78 Å². The molecule has 0 saturated heterocycles. The van der Waals surface area contributed by atoms with Crippen molar-refractivity contribution in [1.82, 2.24) is 0 Å². The molecule has 0 aromatic carbocycles. The highest BCUT2D eigenvalue weighted by atomic mass is 32.2. The molecule has 9 heteroatoms. The first-order valence-electron chi connectivity index (χ1n) is 11.8. The van der Waals surface area contributed by atoms with Crippen molar-refractivity contribution in [2.24, 2.45) is 28.6 Å². The van der Waals surface area contributed by atoms with E-state index in [9.17, 15) is 23.9 Å². The third-order valence-corrected chi connectivity index (χ3v) is 9.93. The Kier molecular flexibility index (Phi) is 6.16. The molecule has 188 valence electrons. The zero-order valence-electron chi connectivity index (χ0n) is 19.8. The lowest BCUT2D eigenvalue weighted by atomic mass is 9.45. The highest BCUT2D eigenvalue weighted by Crippen LogP contribution is 2.72. The van der Waals surface area contributed by atoms with Crippen molar-refractivity contribution in [3.05, 3.63) is 23.6 Å². The SMILES string of the molecule is CCC(=O)O[C@]1(C(=O)SCF)[C@H](C)C[C@H]2[C@@H]3CC(F)=C4CC(=O)C=C[C@]4(C)[C@@]3(F)[C@@H](O)C[C@@]21C. The van der Waals surface area contributed by atoms with Crippen LogP contribution >= 0.6 is 11.8 Å². The molecule has 1 N–H and O–H groups in total. The number of esters is 1. The Morgan fingerprint density at radius 3 is 2.59 bits per heavy atom. The van der Waals surface area contributed by atoms with Crippen LogP contribution in [0.25, 0.3) is 0 Å². The summed E-state index contributed by atoms with van der Waals surface area (Å²) in [6.45, 7) is 6.46. The average Bonchev–Trinajstić information content (AvgIpc) is 2.99. The summed E-state index contributed by atoms with van der Waals surface area (Å²) in [6.07, 6.45) is 0.414. The van der Waals surface area contributed by atoms with E-state index in [1.54, 1.807) is 20.8 Å². The first-order chi connectivity index (χ1) is 15.8. The van der Waals surface area contributed by atoms with Crippen LogP contribution in [0.4, 0.5) is 13.2 Å². The summed E-state index contributed by atoms with van der Waals surface area (Å²) >= 11 is 0.396. The van der Waals surface area contributed by atoms with Gasteiger partial charge in [-0.05, 0) is 49.1 Å². The number of carbonyl (C=O) groups excluding carboxylic acids is 3. The molecule has 0 heterocycles. The topological polar surface area (TPSA) is 80.7 Å². The number of hydrogen-bond donors (Lipinski definition) is 1. The van der Waals surface area contributed by atoms with Crippen LogP contribution in [-0.4, -0.2) is 45.4 Å². The van der Waals surface area contributed by atoms with Crippen LogP contribution in [0.3, 0.4) is 0 Å². The fourth-order valence-corrected chi connectivity index (χ4v) is 8.39. The lowest BCUT2D eigenvalue weighted by Gasteiger charge is -2.62. The number of halogens is 3. The minimum absolute atomic E-state index is 0.0144. The van der Waals surface area contributed by atoms with Crippen LogP contribution in [0, 0.1) is 28.6 Å². The van der Waals surface area contributed by atoms with Crippen molar-refractivity contribution in [3.8, 4) is 0 Å². The van der Waals surface area contributed by atoms with Gasteiger partial charge in [-0.1, -0.05) is 26.8 Å². The molecule has 0 spiro atoms. The van der Waals surface area contributed by atoms with Gasteiger partial charge in [0.15, 0.2) is 17.1 Å². The number of ketones is 1. The number of rotatable bonds is 4. The molecule has 2 fully saturated rings. The van der Waals surface area contributed by atoms with Crippen LogP contribution in [0.15, 0.2) is 23.6 Å². The van der Waals surface area contributed by atoms with E-state index < -0.39 is 68.9 Å². The van der Waals surface area contributed by atoms with Gasteiger partial charge < -0.3 is 9.84 Å². The van der Waals surface area contributed by atoms with Gasteiger partial charge in [0.2, 0.25) is 5.12 Å². The average molecular weight is 501 g/mol. The van der Waals surface area contributed by atoms with Crippen LogP contribution in [-0.2, 0) is 19.1 Å². The summed E-state index contributed by atoms with van der Waals surface area (Å²) in [5.74, 6) is -3.79. The van der Waals surface area contributed by atoms with E-state index in [-0.39, 0.29) is 43.5 Å². The van der Waals surface area contributed by atoms with Crippen molar-refractivity contribution in [2.75, 3.05) is 6.01 Å². The van der Waals surface area contributed by atoms with Crippen molar-refractivity contribution in [1.29, 1.82) is 0 Å². The fraction of sp³-hybridized carbons (Fsp3) is 0.720. The predicted molar refractivity (Wildman–Crippen MR) is 121 cm³/mol. The zero-order chi connectivity index (χ0) is 25.3. The van der Waals surface area contributed by atoms with Crippen molar-refractivity contribution in [3.63, 3.8) is 0 Å². The summed E-state index contributed by atoms with van der Waals surface area (Å²) in [7, 11) is 0. The summed E-state index contributed by atoms with van der Waals surface area (Å²) < 4.78 is 51.8. The van der Waals surface area contributed by atoms with Gasteiger partial charge in [0.25, 0.3) is 0 Å². The van der Waals surface area contributed by atoms with Gasteiger partial charge in [-0.15, -0.1) is 0 Å². The Balaban J connectivity index is 1.89. The normalized spacial score (nSPS) is 45.5. The number of ether oxygens (including phenoxy) is 1. The second-order valence-electron chi connectivity index (χ2n) is 10.6. The standard InChI is InChI=1S/C25H31F3O5S/c1-5-20(31)33-25(21(32)34-12-26)13(2)8-15-16-10-18(27)17-9-14(29)6-7-22(17,3)24(16,28)19(30)11-23(15,25)4/h6-7,13,15-16,19,30H,5,8-12H2,1-4H3/t13-,15+,16+,19+,22+,23+,24+,25+/m1/s1. The number of aliphatic hydroxyl groups is 1. The molecule has 4 aliphatic rings. The molecule has 34 heavy (non-hydrogen) atoms. The molecule has 0 radical (unpaired) electrons. The maximum atomic E-state index is 17.2. The number of hydrogen-bond acceptors (Lipinski definition) is 6. The van der Waals surface area contributed by atoms with Gasteiger partial charge in [-0.25, -0.2) is 13.2 Å². The van der Waals surface area contributed by atoms with Crippen LogP contribution in [0.5, 0.6) is 0 Å². The number of allylic oxidation sites excluding steroid dienone is 4. The van der Waals surface area contributed by atoms with Crippen molar-refractivity contribution < 1.29 is 37.4 Å². The highest BCUT2D eigenvalue weighted by molar-refractivity contribution is 8.13. The molecule has 0 aromatic rings. The van der Waals surface area contributed by atoms with E-state index in [2.05, 4.69) is 0 Å². The summed E-state index contributed by atoms with van der Waals surface area (Å²) in [6, 6.07) is -1.02. The summed E-state index contributed by atoms with van der Waals surface area (Å²) in [5, 5.41) is 10.7. The quantitative estimate of drug-likeness (QED) is 0.560. The van der Waals surface area contributed by atoms with Gasteiger partial charge in [-0.2, -0.15) is 0 Å². The summed E-state index contributed by atoms with van der Waals surface area (Å²) in [5.41, 5.74) is -6.77. The Bertz CT molecular complexity index is 997. The lowest BCUT2D eigenvalue weighted by Crippen LogP contribution is -2.69. The first kappa shape index (κ1) is 25.5. The largest absolute Gasteiger partial charge is 0.449 e.